The fraction of sp³-hybridized carbons (Fsp3) is 0.562. The Labute approximate surface area is 245 Å². The van der Waals surface area contributed by atoms with Crippen LogP contribution in [0.3, 0.4) is 0 Å². The highest BCUT2D eigenvalue weighted by Crippen LogP contribution is 2.35. The average molecular weight is 568 g/mol. The van der Waals surface area contributed by atoms with Crippen LogP contribution in [0.25, 0.3) is 0 Å². The van der Waals surface area contributed by atoms with E-state index in [1.807, 2.05) is 36.2 Å². The van der Waals surface area contributed by atoms with Crippen molar-refractivity contribution >= 4 is 11.8 Å². The Morgan fingerprint density at radius 2 is 1.76 bits per heavy atom. The number of rotatable bonds is 9. The van der Waals surface area contributed by atoms with Crippen molar-refractivity contribution in [3.05, 3.63) is 58.7 Å². The number of hydrogen-bond donors (Lipinski definition) is 2. The number of aromatic hydroxyl groups is 1. The lowest BCUT2D eigenvalue weighted by Crippen LogP contribution is -2.50. The van der Waals surface area contributed by atoms with Gasteiger partial charge in [-0.3, -0.25) is 25.3 Å². The molecule has 0 bridgehead atoms. The maximum absolute atomic E-state index is 13.4. The third-order valence-corrected chi connectivity index (χ3v) is 8.22. The summed E-state index contributed by atoms with van der Waals surface area (Å²) in [5.41, 5.74) is 4.18. The molecule has 2 aromatic rings. The molecule has 9 nitrogen and oxygen atoms in total. The molecule has 4 rings (SSSR count). The van der Waals surface area contributed by atoms with Gasteiger partial charge in [0.2, 0.25) is 5.91 Å². The van der Waals surface area contributed by atoms with Crippen LogP contribution in [0.4, 0.5) is 0 Å². The first-order valence-corrected chi connectivity index (χ1v) is 14.7. The average Bonchev–Trinajstić information content (AvgIpc) is 3.41. The first kappa shape index (κ1) is 32.4. The molecule has 0 radical (unpaired) electrons. The van der Waals surface area contributed by atoms with E-state index in [0.717, 1.165) is 49.2 Å². The maximum atomic E-state index is 13.4. The molecule has 0 unspecified atom stereocenters. The number of hydrogen-bond acceptors (Lipinski definition) is 7. The van der Waals surface area contributed by atoms with Crippen molar-refractivity contribution in [1.82, 2.24) is 19.7 Å². The summed E-state index contributed by atoms with van der Waals surface area (Å²) in [7, 11) is 3.45. The van der Waals surface area contributed by atoms with E-state index < -0.39 is 0 Å². The van der Waals surface area contributed by atoms with Crippen LogP contribution in [-0.4, -0.2) is 89.0 Å². The van der Waals surface area contributed by atoms with Crippen LogP contribution in [0.1, 0.15) is 74.0 Å². The SMILES string of the molecule is CCCCN(C)N.COc1cc(CCC(C)(C)N2Cc3cccc(C(=O)N4CCN(C(C)=O)CC4)c3C2)ccc1O. The van der Waals surface area contributed by atoms with Crippen LogP contribution in [0, 0.1) is 0 Å². The summed E-state index contributed by atoms with van der Waals surface area (Å²) in [4.78, 5) is 31.1. The zero-order valence-electron chi connectivity index (χ0n) is 25.8. The Bertz CT molecular complexity index is 1170. The van der Waals surface area contributed by atoms with Gasteiger partial charge in [0.25, 0.3) is 5.91 Å². The smallest absolute Gasteiger partial charge is 0.254 e. The highest BCUT2D eigenvalue weighted by atomic mass is 16.5. The number of hydrazine groups is 1. The van der Waals surface area contributed by atoms with Crippen molar-refractivity contribution in [3.8, 4) is 11.5 Å². The minimum Gasteiger partial charge on any atom is -0.504 e. The van der Waals surface area contributed by atoms with E-state index >= 15 is 0 Å². The highest BCUT2D eigenvalue weighted by Gasteiger charge is 2.34. The second-order valence-electron chi connectivity index (χ2n) is 11.8. The van der Waals surface area contributed by atoms with Gasteiger partial charge in [0.1, 0.15) is 0 Å². The number of nitrogens with two attached hydrogens (primary N) is 1. The van der Waals surface area contributed by atoms with Crippen LogP contribution < -0.4 is 10.6 Å². The van der Waals surface area contributed by atoms with Crippen molar-refractivity contribution in [3.63, 3.8) is 0 Å². The van der Waals surface area contributed by atoms with Gasteiger partial charge in [0, 0.05) is 70.9 Å². The molecule has 3 N–H and O–H groups in total. The molecule has 0 aromatic heterocycles. The van der Waals surface area contributed by atoms with Gasteiger partial charge in [-0.2, -0.15) is 0 Å². The quantitative estimate of drug-likeness (QED) is 0.349. The molecule has 0 atom stereocenters. The zero-order valence-corrected chi connectivity index (χ0v) is 25.8. The number of ether oxygens (including phenoxy) is 1. The lowest BCUT2D eigenvalue weighted by Gasteiger charge is -2.36. The molecule has 2 heterocycles. The van der Waals surface area contributed by atoms with Gasteiger partial charge >= 0.3 is 0 Å². The number of amides is 2. The van der Waals surface area contributed by atoms with Crippen LogP contribution in [0.5, 0.6) is 11.5 Å². The van der Waals surface area contributed by atoms with E-state index in [9.17, 15) is 14.7 Å². The monoisotopic (exact) mass is 567 g/mol. The topological polar surface area (TPSA) is 103 Å². The first-order chi connectivity index (χ1) is 19.5. The van der Waals surface area contributed by atoms with Crippen LogP contribution in [0.15, 0.2) is 36.4 Å². The minimum atomic E-state index is -0.0719. The number of phenolic OH excluding ortho intramolecular Hbond substituents is 1. The third-order valence-electron chi connectivity index (χ3n) is 8.22. The number of unbranched alkanes of at least 4 members (excludes halogenated alkanes) is 1. The molecule has 9 heteroatoms. The number of benzene rings is 2. The lowest BCUT2D eigenvalue weighted by molar-refractivity contribution is -0.130. The number of carbonyl (C=O) groups is 2. The number of nitrogens with zero attached hydrogens (tertiary/aromatic N) is 4. The molecule has 226 valence electrons. The molecule has 1 saturated heterocycles. The molecule has 0 saturated carbocycles. The second-order valence-corrected chi connectivity index (χ2v) is 11.8. The van der Waals surface area contributed by atoms with Crippen LogP contribution >= 0.6 is 0 Å². The van der Waals surface area contributed by atoms with E-state index in [1.165, 1.54) is 18.4 Å². The summed E-state index contributed by atoms with van der Waals surface area (Å²) in [5.74, 6) is 6.09. The fourth-order valence-corrected chi connectivity index (χ4v) is 5.34. The van der Waals surface area contributed by atoms with Crippen molar-refractivity contribution in [2.45, 2.75) is 72.0 Å². The fourth-order valence-electron chi connectivity index (χ4n) is 5.34. The summed E-state index contributed by atoms with van der Waals surface area (Å²) in [6.45, 7) is 13.2. The Hall–Kier alpha value is -3.14. The number of piperazine rings is 1. The molecule has 0 spiro atoms. The molecule has 2 amide bonds. The maximum Gasteiger partial charge on any atom is 0.254 e. The van der Waals surface area contributed by atoms with Gasteiger partial charge in [-0.15, -0.1) is 0 Å². The summed E-state index contributed by atoms with van der Waals surface area (Å²) < 4.78 is 5.25. The van der Waals surface area contributed by atoms with E-state index in [4.69, 9.17) is 10.6 Å². The molecule has 1 fully saturated rings. The number of aryl methyl sites for hydroxylation is 1. The van der Waals surface area contributed by atoms with Gasteiger partial charge in [-0.05, 0) is 68.0 Å². The Kier molecular flexibility index (Phi) is 11.6. The van der Waals surface area contributed by atoms with Gasteiger partial charge in [0.05, 0.1) is 7.11 Å². The summed E-state index contributed by atoms with van der Waals surface area (Å²) in [5, 5.41) is 11.6. The number of fused-ring (bicyclic) bond motifs is 1. The third kappa shape index (κ3) is 8.67. The molecular weight excluding hydrogens is 518 g/mol. The van der Waals surface area contributed by atoms with Crippen molar-refractivity contribution in [2.24, 2.45) is 5.84 Å². The molecular formula is C32H49N5O4. The molecule has 2 aliphatic rings. The normalized spacial score (nSPS) is 15.4. The van der Waals surface area contributed by atoms with Crippen LogP contribution in [0.2, 0.25) is 0 Å². The Morgan fingerprint density at radius 3 is 2.34 bits per heavy atom. The van der Waals surface area contributed by atoms with E-state index in [1.54, 1.807) is 30.0 Å². The summed E-state index contributed by atoms with van der Waals surface area (Å²) >= 11 is 0. The Balaban J connectivity index is 0.000000587. The highest BCUT2D eigenvalue weighted by molar-refractivity contribution is 5.96. The van der Waals surface area contributed by atoms with Gasteiger partial charge in [0.15, 0.2) is 11.5 Å². The Morgan fingerprint density at radius 1 is 1.07 bits per heavy atom. The van der Waals surface area contributed by atoms with Crippen molar-refractivity contribution in [1.29, 1.82) is 0 Å². The minimum absolute atomic E-state index is 0.0656. The second kappa shape index (κ2) is 14.7. The molecule has 2 aromatic carbocycles. The lowest BCUT2D eigenvalue weighted by atomic mass is 9.93. The van der Waals surface area contributed by atoms with Crippen molar-refractivity contribution < 1.29 is 19.4 Å². The first-order valence-electron chi connectivity index (χ1n) is 14.7. The number of phenols is 1. The van der Waals surface area contributed by atoms with Gasteiger partial charge < -0.3 is 19.6 Å². The molecule has 2 aliphatic heterocycles. The summed E-state index contributed by atoms with van der Waals surface area (Å²) in [6.07, 6.45) is 4.22. The van der Waals surface area contributed by atoms with E-state index in [2.05, 4.69) is 31.7 Å². The van der Waals surface area contributed by atoms with E-state index in [-0.39, 0.29) is 23.1 Å². The molecule has 0 aliphatic carbocycles. The summed E-state index contributed by atoms with van der Waals surface area (Å²) in [6, 6.07) is 11.6. The standard InChI is InChI=1S/C27H35N3O4.C5H14N2/c1-19(31)28-12-14-29(15-13-28)26(33)22-7-5-6-21-17-30(18-23(21)22)27(2,3)11-10-20-8-9-24(32)25(16-20)34-4;1-3-4-5-7(2)6/h5-9,16,32H,10-15,17-18H2,1-4H3;3-6H2,1-2H3. The largest absolute Gasteiger partial charge is 0.504 e. The van der Waals surface area contributed by atoms with Gasteiger partial charge in [-0.25, -0.2) is 0 Å². The predicted molar refractivity (Wildman–Crippen MR) is 163 cm³/mol. The zero-order chi connectivity index (χ0) is 30.2. The number of methoxy groups -OCH3 is 1. The van der Waals surface area contributed by atoms with Crippen molar-refractivity contribution in [2.75, 3.05) is 46.9 Å². The van der Waals surface area contributed by atoms with Gasteiger partial charge in [-0.1, -0.05) is 31.5 Å². The number of carbonyl (C=O) groups excluding carboxylic acids is 2. The predicted octanol–water partition coefficient (Wildman–Crippen LogP) is 4.02. The van der Waals surface area contributed by atoms with E-state index in [0.29, 0.717) is 31.9 Å². The molecule has 41 heavy (non-hydrogen) atoms. The van der Waals surface area contributed by atoms with Crippen LogP contribution in [-0.2, 0) is 24.3 Å².